The smallest absolute Gasteiger partial charge is 0.243 e. The number of thiazole rings is 1. The highest BCUT2D eigenvalue weighted by molar-refractivity contribution is 7.13. The number of nitrogens with zero attached hydrogens (tertiary/aromatic N) is 2. The van der Waals surface area contributed by atoms with Gasteiger partial charge in [0, 0.05) is 25.6 Å². The number of aliphatic hydroxyl groups excluding tert-OH is 1. The lowest BCUT2D eigenvalue weighted by Gasteiger charge is -2.33. The maximum atomic E-state index is 13.3. The van der Waals surface area contributed by atoms with Crippen LogP contribution < -0.4 is 10.6 Å². The van der Waals surface area contributed by atoms with Crippen molar-refractivity contribution in [2.75, 3.05) is 13.6 Å². The summed E-state index contributed by atoms with van der Waals surface area (Å²) in [6, 6.07) is 7.37. The number of hydrogen-bond donors (Lipinski definition) is 3. The quantitative estimate of drug-likeness (QED) is 0.565. The Morgan fingerprint density at radius 3 is 2.50 bits per heavy atom. The summed E-state index contributed by atoms with van der Waals surface area (Å²) in [6.45, 7) is 8.55. The lowest BCUT2D eigenvalue weighted by molar-refractivity contribution is -0.143. The van der Waals surface area contributed by atoms with Gasteiger partial charge in [0.25, 0.3) is 0 Å². The van der Waals surface area contributed by atoms with E-state index in [1.807, 2.05) is 64.5 Å². The zero-order chi connectivity index (χ0) is 23.4. The van der Waals surface area contributed by atoms with Gasteiger partial charge in [-0.1, -0.05) is 38.1 Å². The number of carbonyl (C=O) groups is 2. The second kappa shape index (κ2) is 10.6. The Labute approximate surface area is 194 Å². The van der Waals surface area contributed by atoms with E-state index in [1.54, 1.807) is 16.2 Å². The molecule has 0 spiro atoms. The topological polar surface area (TPSA) is 94.6 Å². The van der Waals surface area contributed by atoms with E-state index in [-0.39, 0.29) is 42.7 Å². The Hall–Kier alpha value is -2.29. The molecule has 1 fully saturated rings. The van der Waals surface area contributed by atoms with Gasteiger partial charge in [0.1, 0.15) is 6.04 Å². The molecular weight excluding hydrogens is 424 g/mol. The first-order valence-corrected chi connectivity index (χ1v) is 12.0. The summed E-state index contributed by atoms with van der Waals surface area (Å²) in [5.74, 6) is -0.449. The molecule has 3 rings (SSSR count). The van der Waals surface area contributed by atoms with Gasteiger partial charge in [0.15, 0.2) is 0 Å². The molecule has 2 aromatic rings. The number of carbonyl (C=O) groups excluding carboxylic acids is 2. The van der Waals surface area contributed by atoms with Gasteiger partial charge in [-0.15, -0.1) is 11.3 Å². The Balaban J connectivity index is 1.65. The molecule has 1 aromatic carbocycles. The first kappa shape index (κ1) is 24.4. The molecule has 7 nitrogen and oxygen atoms in total. The number of aromatic nitrogens is 1. The number of aliphatic hydroxyl groups is 1. The minimum atomic E-state index is -0.686. The zero-order valence-electron chi connectivity index (χ0n) is 19.5. The van der Waals surface area contributed by atoms with Crippen molar-refractivity contribution in [3.8, 4) is 10.4 Å². The van der Waals surface area contributed by atoms with E-state index in [0.29, 0.717) is 6.54 Å². The van der Waals surface area contributed by atoms with E-state index >= 15 is 0 Å². The van der Waals surface area contributed by atoms with Crippen molar-refractivity contribution in [1.29, 1.82) is 0 Å². The molecule has 0 aliphatic carbocycles. The van der Waals surface area contributed by atoms with Crippen molar-refractivity contribution >= 4 is 23.2 Å². The highest BCUT2D eigenvalue weighted by atomic mass is 32.1. The van der Waals surface area contributed by atoms with Crippen LogP contribution >= 0.6 is 11.3 Å². The normalized spacial score (nSPS) is 20.4. The Morgan fingerprint density at radius 2 is 1.94 bits per heavy atom. The van der Waals surface area contributed by atoms with E-state index < -0.39 is 12.1 Å². The third-order valence-corrected chi connectivity index (χ3v) is 7.27. The summed E-state index contributed by atoms with van der Waals surface area (Å²) in [5.41, 5.74) is 4.93. The van der Waals surface area contributed by atoms with Crippen LogP contribution in [0.25, 0.3) is 10.4 Å². The fraction of sp³-hybridized carbons (Fsp3) is 0.542. The number of likely N-dealkylation sites (tertiary alicyclic amines) is 1. The largest absolute Gasteiger partial charge is 0.391 e. The third kappa shape index (κ3) is 5.36. The van der Waals surface area contributed by atoms with Crippen molar-refractivity contribution in [2.24, 2.45) is 11.8 Å². The molecule has 0 radical (unpaired) electrons. The lowest BCUT2D eigenvalue weighted by Crippen LogP contribution is -2.52. The van der Waals surface area contributed by atoms with Crippen molar-refractivity contribution in [3.63, 3.8) is 0 Å². The first-order valence-electron chi connectivity index (χ1n) is 11.2. The van der Waals surface area contributed by atoms with Crippen molar-refractivity contribution in [1.82, 2.24) is 20.5 Å². The van der Waals surface area contributed by atoms with Crippen LogP contribution in [0.15, 0.2) is 29.8 Å². The highest BCUT2D eigenvalue weighted by Crippen LogP contribution is 2.28. The fourth-order valence-corrected chi connectivity index (χ4v) is 5.22. The van der Waals surface area contributed by atoms with Crippen LogP contribution in [0.5, 0.6) is 0 Å². The first-order chi connectivity index (χ1) is 15.2. The van der Waals surface area contributed by atoms with E-state index in [1.165, 1.54) is 0 Å². The number of hydrogen-bond acceptors (Lipinski definition) is 6. The summed E-state index contributed by atoms with van der Waals surface area (Å²) in [7, 11) is 1.83. The Bertz CT molecular complexity index is 928. The molecule has 0 bridgehead atoms. The van der Waals surface area contributed by atoms with Gasteiger partial charge in [-0.3, -0.25) is 9.59 Å². The molecule has 2 heterocycles. The molecule has 32 heavy (non-hydrogen) atoms. The van der Waals surface area contributed by atoms with Crippen molar-refractivity contribution in [3.05, 3.63) is 41.0 Å². The number of nitrogens with one attached hydrogen (secondary N) is 2. The van der Waals surface area contributed by atoms with Gasteiger partial charge in [0.2, 0.25) is 11.8 Å². The molecule has 0 saturated carbocycles. The van der Waals surface area contributed by atoms with Gasteiger partial charge >= 0.3 is 0 Å². The number of benzene rings is 1. The summed E-state index contributed by atoms with van der Waals surface area (Å²) < 4.78 is 0. The van der Waals surface area contributed by atoms with Crippen LogP contribution in [0, 0.1) is 18.8 Å². The monoisotopic (exact) mass is 458 g/mol. The SMILES string of the molecule is CNC(C)C(C(=O)N1CC(O)CC1C(=O)NCc1ccc(-c2scnc2C)cc1)C(C)C. The average molecular weight is 459 g/mol. The van der Waals surface area contributed by atoms with Gasteiger partial charge < -0.3 is 20.6 Å². The van der Waals surface area contributed by atoms with Crippen LogP contribution in [-0.4, -0.2) is 58.6 Å². The van der Waals surface area contributed by atoms with Crippen molar-refractivity contribution < 1.29 is 14.7 Å². The average Bonchev–Trinajstić information content (AvgIpc) is 3.37. The van der Waals surface area contributed by atoms with Crippen molar-refractivity contribution in [2.45, 2.75) is 58.8 Å². The van der Waals surface area contributed by atoms with Gasteiger partial charge in [-0.2, -0.15) is 0 Å². The molecule has 1 saturated heterocycles. The standard InChI is InChI=1S/C24H34N4O3S/c1-14(2)21(15(3)25-5)24(31)28-12-19(29)10-20(28)23(30)26-11-17-6-8-18(9-7-17)22-16(4)27-13-32-22/h6-9,13-15,19-21,25,29H,10-12H2,1-5H3,(H,26,30). The molecule has 1 aromatic heterocycles. The number of amides is 2. The minimum absolute atomic E-state index is 0.0235. The molecule has 4 unspecified atom stereocenters. The number of rotatable bonds is 8. The molecule has 2 amide bonds. The number of β-amino-alcohol motifs (C(OH)–C–C–N with tert-alkyl or cyclic N) is 1. The van der Waals surface area contributed by atoms with Crippen LogP contribution in [0.2, 0.25) is 0 Å². The predicted molar refractivity (Wildman–Crippen MR) is 127 cm³/mol. The molecule has 1 aliphatic heterocycles. The summed E-state index contributed by atoms with van der Waals surface area (Å²) in [5, 5.41) is 16.3. The van der Waals surface area contributed by atoms with E-state index in [2.05, 4.69) is 15.6 Å². The van der Waals surface area contributed by atoms with E-state index in [0.717, 1.165) is 21.7 Å². The van der Waals surface area contributed by atoms with E-state index in [9.17, 15) is 14.7 Å². The second-order valence-corrected chi connectivity index (χ2v) is 9.78. The zero-order valence-corrected chi connectivity index (χ0v) is 20.3. The molecule has 1 aliphatic rings. The fourth-order valence-electron chi connectivity index (χ4n) is 4.41. The Kier molecular flexibility index (Phi) is 8.03. The maximum absolute atomic E-state index is 13.3. The molecule has 4 atom stereocenters. The summed E-state index contributed by atoms with van der Waals surface area (Å²) >= 11 is 1.61. The molecule has 8 heteroatoms. The summed E-state index contributed by atoms with van der Waals surface area (Å²) in [6.07, 6.45) is -0.422. The highest BCUT2D eigenvalue weighted by Gasteiger charge is 2.42. The molecule has 3 N–H and O–H groups in total. The Morgan fingerprint density at radius 1 is 1.25 bits per heavy atom. The van der Waals surface area contributed by atoms with Gasteiger partial charge in [-0.25, -0.2) is 4.98 Å². The van der Waals surface area contributed by atoms with Crippen LogP contribution in [0.1, 0.15) is 38.4 Å². The van der Waals surface area contributed by atoms with Crippen LogP contribution in [0.3, 0.4) is 0 Å². The predicted octanol–water partition coefficient (Wildman–Crippen LogP) is 2.58. The maximum Gasteiger partial charge on any atom is 0.243 e. The second-order valence-electron chi connectivity index (χ2n) is 8.92. The van der Waals surface area contributed by atoms with Gasteiger partial charge in [-0.05, 0) is 37.9 Å². The van der Waals surface area contributed by atoms with Crippen LogP contribution in [0.4, 0.5) is 0 Å². The lowest BCUT2D eigenvalue weighted by atomic mass is 9.87. The molecule has 174 valence electrons. The third-order valence-electron chi connectivity index (χ3n) is 6.29. The van der Waals surface area contributed by atoms with Gasteiger partial charge in [0.05, 0.1) is 28.1 Å². The summed E-state index contributed by atoms with van der Waals surface area (Å²) in [4.78, 5) is 33.3. The van der Waals surface area contributed by atoms with Crippen LogP contribution in [-0.2, 0) is 16.1 Å². The minimum Gasteiger partial charge on any atom is -0.391 e. The van der Waals surface area contributed by atoms with E-state index in [4.69, 9.17) is 0 Å². The number of aryl methyl sites for hydroxylation is 1. The molecular formula is C24H34N4O3S.